The van der Waals surface area contributed by atoms with Crippen LogP contribution in [0, 0.1) is 0 Å². The SMILES string of the molecule is CCSc1cc(C(=O)Nc2ccc(S(=O)(=O)N(CC)CC)cc2)ccn1. The number of aromatic nitrogens is 1. The minimum absolute atomic E-state index is 0.213. The van der Waals surface area contributed by atoms with E-state index in [0.29, 0.717) is 24.3 Å². The predicted molar refractivity (Wildman–Crippen MR) is 105 cm³/mol. The molecule has 8 heteroatoms. The van der Waals surface area contributed by atoms with E-state index in [1.807, 2.05) is 6.92 Å². The molecule has 2 rings (SSSR count). The summed E-state index contributed by atoms with van der Waals surface area (Å²) in [6, 6.07) is 9.59. The number of hydrogen-bond acceptors (Lipinski definition) is 5. The van der Waals surface area contributed by atoms with E-state index >= 15 is 0 Å². The predicted octanol–water partition coefficient (Wildman–Crippen LogP) is 3.48. The molecule has 2 aromatic rings. The Morgan fingerprint density at radius 1 is 1.12 bits per heavy atom. The number of benzene rings is 1. The summed E-state index contributed by atoms with van der Waals surface area (Å²) in [6.07, 6.45) is 1.60. The number of anilines is 1. The first-order valence-corrected chi connectivity index (χ1v) is 10.8. The third-order valence-corrected chi connectivity index (χ3v) is 6.62. The molecule has 140 valence electrons. The van der Waals surface area contributed by atoms with Crippen molar-refractivity contribution in [2.45, 2.75) is 30.7 Å². The average molecular weight is 394 g/mol. The van der Waals surface area contributed by atoms with Gasteiger partial charge in [0.15, 0.2) is 0 Å². The van der Waals surface area contributed by atoms with Crippen LogP contribution in [-0.2, 0) is 10.0 Å². The van der Waals surface area contributed by atoms with Gasteiger partial charge in [-0.15, -0.1) is 11.8 Å². The molecule has 0 aliphatic rings. The first-order chi connectivity index (χ1) is 12.4. The molecule has 0 atom stereocenters. The second-order valence-electron chi connectivity index (χ2n) is 5.38. The third-order valence-electron chi connectivity index (χ3n) is 3.74. The number of rotatable bonds is 8. The molecule has 0 fully saturated rings. The minimum atomic E-state index is -3.50. The van der Waals surface area contributed by atoms with Gasteiger partial charge < -0.3 is 5.32 Å². The van der Waals surface area contributed by atoms with E-state index in [1.54, 1.807) is 56.1 Å². The van der Waals surface area contributed by atoms with Crippen molar-refractivity contribution in [3.8, 4) is 0 Å². The summed E-state index contributed by atoms with van der Waals surface area (Å²) in [5.41, 5.74) is 1.05. The molecule has 0 aliphatic carbocycles. The normalized spacial score (nSPS) is 11.5. The van der Waals surface area contributed by atoms with Crippen molar-refractivity contribution < 1.29 is 13.2 Å². The molecule has 1 aromatic carbocycles. The van der Waals surface area contributed by atoms with Crippen LogP contribution in [0.4, 0.5) is 5.69 Å². The Balaban J connectivity index is 2.14. The van der Waals surface area contributed by atoms with Gasteiger partial charge in [-0.2, -0.15) is 4.31 Å². The number of nitrogens with zero attached hydrogens (tertiary/aromatic N) is 2. The van der Waals surface area contributed by atoms with Crippen LogP contribution in [0.1, 0.15) is 31.1 Å². The van der Waals surface area contributed by atoms with E-state index in [2.05, 4.69) is 10.3 Å². The van der Waals surface area contributed by atoms with Crippen LogP contribution >= 0.6 is 11.8 Å². The van der Waals surface area contributed by atoms with Crippen molar-refractivity contribution in [3.05, 3.63) is 48.2 Å². The lowest BCUT2D eigenvalue weighted by Crippen LogP contribution is -2.30. The first-order valence-electron chi connectivity index (χ1n) is 8.42. The molecule has 1 heterocycles. The van der Waals surface area contributed by atoms with E-state index in [0.717, 1.165) is 10.8 Å². The average Bonchev–Trinajstić information content (AvgIpc) is 2.63. The Bertz CT molecular complexity index is 848. The van der Waals surface area contributed by atoms with Crippen molar-refractivity contribution in [1.82, 2.24) is 9.29 Å². The molecular weight excluding hydrogens is 370 g/mol. The highest BCUT2D eigenvalue weighted by Crippen LogP contribution is 2.20. The monoisotopic (exact) mass is 393 g/mol. The first kappa shape index (κ1) is 20.4. The highest BCUT2D eigenvalue weighted by atomic mass is 32.2. The van der Waals surface area contributed by atoms with E-state index < -0.39 is 10.0 Å². The van der Waals surface area contributed by atoms with Gasteiger partial charge >= 0.3 is 0 Å². The van der Waals surface area contributed by atoms with Crippen LogP contribution in [0.3, 0.4) is 0 Å². The number of amides is 1. The molecule has 1 N–H and O–H groups in total. The van der Waals surface area contributed by atoms with Crippen molar-refractivity contribution >= 4 is 33.4 Å². The fourth-order valence-electron chi connectivity index (χ4n) is 2.40. The number of carbonyl (C=O) groups is 1. The summed E-state index contributed by atoms with van der Waals surface area (Å²) >= 11 is 1.56. The standard InChI is InChI=1S/C18H23N3O3S2/c1-4-21(5-2)26(23,24)16-9-7-15(8-10-16)20-18(22)14-11-12-19-17(13-14)25-6-3/h7-13H,4-6H2,1-3H3,(H,20,22). The number of sulfonamides is 1. The maximum Gasteiger partial charge on any atom is 0.255 e. The lowest BCUT2D eigenvalue weighted by atomic mass is 10.2. The number of hydrogen-bond donors (Lipinski definition) is 1. The fraction of sp³-hybridized carbons (Fsp3) is 0.333. The van der Waals surface area contributed by atoms with Crippen LogP contribution < -0.4 is 5.32 Å². The lowest BCUT2D eigenvalue weighted by molar-refractivity contribution is 0.102. The zero-order valence-electron chi connectivity index (χ0n) is 15.1. The highest BCUT2D eigenvalue weighted by Gasteiger charge is 2.21. The van der Waals surface area contributed by atoms with Gasteiger partial charge in [0.2, 0.25) is 10.0 Å². The molecule has 0 bridgehead atoms. The molecule has 1 aromatic heterocycles. The van der Waals surface area contributed by atoms with Crippen molar-refractivity contribution in [2.75, 3.05) is 24.2 Å². The van der Waals surface area contributed by atoms with E-state index in [1.165, 1.54) is 16.4 Å². The van der Waals surface area contributed by atoms with Crippen LogP contribution in [0.5, 0.6) is 0 Å². The molecule has 0 spiro atoms. The van der Waals surface area contributed by atoms with E-state index in [9.17, 15) is 13.2 Å². The van der Waals surface area contributed by atoms with Gasteiger partial charge in [0, 0.05) is 30.5 Å². The molecule has 0 radical (unpaired) electrons. The second kappa shape index (κ2) is 9.16. The van der Waals surface area contributed by atoms with E-state index in [-0.39, 0.29) is 10.8 Å². The van der Waals surface area contributed by atoms with Crippen molar-refractivity contribution in [1.29, 1.82) is 0 Å². The van der Waals surface area contributed by atoms with Gasteiger partial charge in [0.1, 0.15) is 0 Å². The van der Waals surface area contributed by atoms with Crippen molar-refractivity contribution in [2.24, 2.45) is 0 Å². The summed E-state index contributed by atoms with van der Waals surface area (Å²) in [6.45, 7) is 6.45. The summed E-state index contributed by atoms with van der Waals surface area (Å²) in [7, 11) is -3.50. The van der Waals surface area contributed by atoms with Crippen LogP contribution in [0.25, 0.3) is 0 Å². The van der Waals surface area contributed by atoms with Gasteiger partial charge in [0.05, 0.1) is 9.92 Å². The molecule has 6 nitrogen and oxygen atoms in total. The maximum atomic E-state index is 12.5. The maximum absolute atomic E-state index is 12.5. The Hall–Kier alpha value is -1.90. The Labute approximate surface area is 159 Å². The summed E-state index contributed by atoms with van der Waals surface area (Å²) in [4.78, 5) is 16.8. The Kier molecular flexibility index (Phi) is 7.19. The van der Waals surface area contributed by atoms with Crippen LogP contribution in [0.2, 0.25) is 0 Å². The van der Waals surface area contributed by atoms with Gasteiger partial charge in [-0.1, -0.05) is 20.8 Å². The zero-order valence-corrected chi connectivity index (χ0v) is 16.7. The topological polar surface area (TPSA) is 79.4 Å². The van der Waals surface area contributed by atoms with Crippen molar-refractivity contribution in [3.63, 3.8) is 0 Å². The van der Waals surface area contributed by atoms with Gasteiger partial charge in [-0.3, -0.25) is 4.79 Å². The lowest BCUT2D eigenvalue weighted by Gasteiger charge is -2.18. The van der Waals surface area contributed by atoms with Crippen LogP contribution in [-0.4, -0.2) is 42.5 Å². The zero-order chi connectivity index (χ0) is 19.2. The molecule has 0 saturated carbocycles. The number of nitrogens with one attached hydrogen (secondary N) is 1. The Morgan fingerprint density at radius 3 is 2.35 bits per heavy atom. The van der Waals surface area contributed by atoms with Gasteiger partial charge in [-0.25, -0.2) is 13.4 Å². The van der Waals surface area contributed by atoms with Crippen LogP contribution in [0.15, 0.2) is 52.5 Å². The quantitative estimate of drug-likeness (QED) is 0.695. The molecule has 0 saturated heterocycles. The van der Waals surface area contributed by atoms with Gasteiger partial charge in [0.25, 0.3) is 5.91 Å². The molecule has 0 aliphatic heterocycles. The summed E-state index contributed by atoms with van der Waals surface area (Å²) < 4.78 is 26.3. The summed E-state index contributed by atoms with van der Waals surface area (Å²) in [5.74, 6) is 0.616. The largest absolute Gasteiger partial charge is 0.322 e. The number of pyridine rings is 1. The number of thioether (sulfide) groups is 1. The molecular formula is C18H23N3O3S2. The second-order valence-corrected chi connectivity index (χ2v) is 8.61. The summed E-state index contributed by atoms with van der Waals surface area (Å²) in [5, 5.41) is 3.57. The van der Waals surface area contributed by atoms with Gasteiger partial charge in [-0.05, 0) is 42.2 Å². The Morgan fingerprint density at radius 2 is 1.77 bits per heavy atom. The smallest absolute Gasteiger partial charge is 0.255 e. The van der Waals surface area contributed by atoms with E-state index in [4.69, 9.17) is 0 Å². The molecule has 26 heavy (non-hydrogen) atoms. The number of carbonyl (C=O) groups excluding carboxylic acids is 1. The highest BCUT2D eigenvalue weighted by molar-refractivity contribution is 7.99. The molecule has 1 amide bonds. The molecule has 0 unspecified atom stereocenters. The fourth-order valence-corrected chi connectivity index (χ4v) is 4.50. The third kappa shape index (κ3) is 4.84. The minimum Gasteiger partial charge on any atom is -0.322 e.